The first-order valence-electron chi connectivity index (χ1n) is 9.74. The third kappa shape index (κ3) is 6.29. The first-order chi connectivity index (χ1) is 14.1. The van der Waals surface area contributed by atoms with Gasteiger partial charge in [-0.05, 0) is 56.2 Å². The number of nitrogens with zero attached hydrogens (tertiary/aromatic N) is 1. The van der Waals surface area contributed by atoms with Gasteiger partial charge in [0.15, 0.2) is 0 Å². The van der Waals surface area contributed by atoms with E-state index in [1.54, 1.807) is 45.3 Å². The molecule has 1 N–H and O–H groups in total. The lowest BCUT2D eigenvalue weighted by molar-refractivity contribution is -0.132. The first-order valence-corrected chi connectivity index (χ1v) is 11.2. The average Bonchev–Trinajstić information content (AvgIpc) is 2.75. The van der Waals surface area contributed by atoms with Gasteiger partial charge in [0.25, 0.3) is 0 Å². The van der Waals surface area contributed by atoms with Crippen LogP contribution in [0, 0.1) is 0 Å². The van der Waals surface area contributed by atoms with E-state index >= 15 is 0 Å². The highest BCUT2D eigenvalue weighted by molar-refractivity contribution is 7.89. The maximum atomic E-state index is 12.5. The maximum Gasteiger partial charge on any atom is 0.249 e. The van der Waals surface area contributed by atoms with Crippen LogP contribution in [0.15, 0.2) is 53.4 Å². The van der Waals surface area contributed by atoms with E-state index in [4.69, 9.17) is 9.47 Å². The number of hydrogen-bond donors (Lipinski definition) is 1. The van der Waals surface area contributed by atoms with E-state index in [-0.39, 0.29) is 23.4 Å². The van der Waals surface area contributed by atoms with Gasteiger partial charge in [-0.25, -0.2) is 8.42 Å². The summed E-state index contributed by atoms with van der Waals surface area (Å²) in [6, 6.07) is 13.8. The molecule has 8 heteroatoms. The van der Waals surface area contributed by atoms with Crippen LogP contribution >= 0.6 is 0 Å². The number of amides is 1. The minimum Gasteiger partial charge on any atom is -0.497 e. The molecule has 0 aliphatic heterocycles. The molecule has 0 aliphatic rings. The summed E-state index contributed by atoms with van der Waals surface area (Å²) in [7, 11) is -0.367. The zero-order valence-corrected chi connectivity index (χ0v) is 18.9. The van der Waals surface area contributed by atoms with Gasteiger partial charge in [-0.2, -0.15) is 4.31 Å². The van der Waals surface area contributed by atoms with Gasteiger partial charge in [-0.3, -0.25) is 4.79 Å². The molecule has 30 heavy (non-hydrogen) atoms. The molecule has 2 aromatic rings. The fourth-order valence-corrected chi connectivity index (χ4v) is 3.98. The molecule has 2 aromatic carbocycles. The highest BCUT2D eigenvalue weighted by atomic mass is 32.2. The Balaban J connectivity index is 1.88. The summed E-state index contributed by atoms with van der Waals surface area (Å²) in [5.41, 5.74) is 1.71. The Morgan fingerprint density at radius 2 is 1.73 bits per heavy atom. The minimum atomic E-state index is -3.52. The van der Waals surface area contributed by atoms with E-state index in [1.165, 1.54) is 4.31 Å². The van der Waals surface area contributed by atoms with Crippen LogP contribution in [0.5, 0.6) is 5.75 Å². The smallest absolute Gasteiger partial charge is 0.249 e. The van der Waals surface area contributed by atoms with E-state index < -0.39 is 16.1 Å². The second kappa shape index (κ2) is 10.6. The van der Waals surface area contributed by atoms with Gasteiger partial charge in [-0.1, -0.05) is 24.3 Å². The van der Waals surface area contributed by atoms with Gasteiger partial charge in [0.05, 0.1) is 18.6 Å². The molecule has 0 saturated carbocycles. The summed E-state index contributed by atoms with van der Waals surface area (Å²) in [5, 5.41) is 2.81. The second-order valence-electron chi connectivity index (χ2n) is 7.28. The van der Waals surface area contributed by atoms with Gasteiger partial charge in [0, 0.05) is 19.6 Å². The normalized spacial score (nSPS) is 12.8. The zero-order chi connectivity index (χ0) is 22.3. The Labute approximate surface area is 179 Å². The number of carbonyl (C=O) groups is 1. The van der Waals surface area contributed by atoms with E-state index in [2.05, 4.69) is 5.32 Å². The van der Waals surface area contributed by atoms with Crippen molar-refractivity contribution in [2.45, 2.75) is 51.0 Å². The minimum absolute atomic E-state index is 0.132. The lowest BCUT2D eigenvalue weighted by Crippen LogP contribution is -2.34. The topological polar surface area (TPSA) is 84.9 Å². The standard InChI is InChI=1S/C22H30N2O5S/c1-16(2)24(4)30(26,27)21-11-9-18(10-12-21)14-23-22(25)17(3)29-15-19-7-6-8-20(13-19)28-5/h6-13,16-17H,14-15H2,1-5H3,(H,23,25). The molecule has 0 fully saturated rings. The van der Waals surface area contributed by atoms with Gasteiger partial charge in [-0.15, -0.1) is 0 Å². The molecular weight excluding hydrogens is 404 g/mol. The molecule has 0 saturated heterocycles. The van der Waals surface area contributed by atoms with Crippen LogP contribution in [0.3, 0.4) is 0 Å². The summed E-state index contributed by atoms with van der Waals surface area (Å²) in [6.45, 7) is 5.90. The highest BCUT2D eigenvalue weighted by Gasteiger charge is 2.22. The number of methoxy groups -OCH3 is 1. The van der Waals surface area contributed by atoms with Crippen molar-refractivity contribution in [1.29, 1.82) is 0 Å². The third-order valence-electron chi connectivity index (χ3n) is 4.80. The molecule has 1 amide bonds. The Morgan fingerprint density at radius 1 is 1.07 bits per heavy atom. The Bertz CT molecular complexity index is 942. The zero-order valence-electron chi connectivity index (χ0n) is 18.1. The Morgan fingerprint density at radius 3 is 2.33 bits per heavy atom. The maximum absolute atomic E-state index is 12.5. The molecule has 2 rings (SSSR count). The summed E-state index contributed by atoms with van der Waals surface area (Å²) in [6.07, 6.45) is -0.629. The van der Waals surface area contributed by atoms with Crippen LogP contribution in [-0.4, -0.2) is 44.9 Å². The summed E-state index contributed by atoms with van der Waals surface area (Å²) in [5.74, 6) is 0.493. The molecule has 1 atom stereocenters. The Kier molecular flexibility index (Phi) is 8.40. The van der Waals surface area contributed by atoms with Gasteiger partial charge in [0.1, 0.15) is 11.9 Å². The number of nitrogens with one attached hydrogen (secondary N) is 1. The largest absolute Gasteiger partial charge is 0.497 e. The average molecular weight is 435 g/mol. The fraction of sp³-hybridized carbons (Fsp3) is 0.409. The number of carbonyl (C=O) groups excluding carboxylic acids is 1. The predicted octanol–water partition coefficient (Wildman–Crippen LogP) is 2.95. The van der Waals surface area contributed by atoms with Gasteiger partial charge < -0.3 is 14.8 Å². The molecule has 1 unspecified atom stereocenters. The number of ether oxygens (including phenoxy) is 2. The highest BCUT2D eigenvalue weighted by Crippen LogP contribution is 2.17. The first kappa shape index (κ1) is 23.9. The quantitative estimate of drug-likeness (QED) is 0.621. The molecular formula is C22H30N2O5S. The second-order valence-corrected chi connectivity index (χ2v) is 9.28. The van der Waals surface area contributed by atoms with Crippen LogP contribution in [0.1, 0.15) is 31.9 Å². The fourth-order valence-electron chi connectivity index (χ4n) is 2.62. The molecule has 7 nitrogen and oxygen atoms in total. The predicted molar refractivity (Wildman–Crippen MR) is 116 cm³/mol. The summed E-state index contributed by atoms with van der Waals surface area (Å²) >= 11 is 0. The monoisotopic (exact) mass is 434 g/mol. The van der Waals surface area contributed by atoms with Crippen LogP contribution in [-0.2, 0) is 32.7 Å². The van der Waals surface area contributed by atoms with E-state index in [1.807, 2.05) is 38.1 Å². The number of rotatable bonds is 10. The van der Waals surface area contributed by atoms with Crippen molar-refractivity contribution in [3.05, 3.63) is 59.7 Å². The number of benzene rings is 2. The van der Waals surface area contributed by atoms with Gasteiger partial charge >= 0.3 is 0 Å². The van der Waals surface area contributed by atoms with E-state index in [0.717, 1.165) is 16.9 Å². The molecule has 0 aliphatic carbocycles. The van der Waals surface area contributed by atoms with Crippen molar-refractivity contribution in [3.8, 4) is 5.75 Å². The van der Waals surface area contributed by atoms with Crippen molar-refractivity contribution in [2.75, 3.05) is 14.2 Å². The van der Waals surface area contributed by atoms with Crippen LogP contribution in [0.2, 0.25) is 0 Å². The lowest BCUT2D eigenvalue weighted by Gasteiger charge is -2.21. The SMILES string of the molecule is COc1cccc(COC(C)C(=O)NCc2ccc(S(=O)(=O)N(C)C(C)C)cc2)c1. The summed E-state index contributed by atoms with van der Waals surface area (Å²) in [4.78, 5) is 12.5. The van der Waals surface area contributed by atoms with E-state index in [9.17, 15) is 13.2 Å². The van der Waals surface area contributed by atoms with Crippen molar-refractivity contribution >= 4 is 15.9 Å². The molecule has 164 valence electrons. The number of sulfonamides is 1. The van der Waals surface area contributed by atoms with Crippen molar-refractivity contribution in [2.24, 2.45) is 0 Å². The Hall–Kier alpha value is -2.42. The molecule has 0 radical (unpaired) electrons. The molecule has 0 aromatic heterocycles. The number of hydrogen-bond acceptors (Lipinski definition) is 5. The molecule has 0 bridgehead atoms. The van der Waals surface area contributed by atoms with Crippen molar-refractivity contribution < 1.29 is 22.7 Å². The van der Waals surface area contributed by atoms with Gasteiger partial charge in [0.2, 0.25) is 15.9 Å². The molecule has 0 spiro atoms. The van der Waals surface area contributed by atoms with Crippen LogP contribution < -0.4 is 10.1 Å². The van der Waals surface area contributed by atoms with Crippen molar-refractivity contribution in [1.82, 2.24) is 9.62 Å². The molecule has 0 heterocycles. The van der Waals surface area contributed by atoms with Crippen molar-refractivity contribution in [3.63, 3.8) is 0 Å². The third-order valence-corrected chi connectivity index (χ3v) is 6.85. The summed E-state index contributed by atoms with van der Waals surface area (Å²) < 4.78 is 37.1. The van der Waals surface area contributed by atoms with Crippen LogP contribution in [0.4, 0.5) is 0 Å². The lowest BCUT2D eigenvalue weighted by atomic mass is 10.2. The van der Waals surface area contributed by atoms with Crippen LogP contribution in [0.25, 0.3) is 0 Å². The van der Waals surface area contributed by atoms with E-state index in [0.29, 0.717) is 6.61 Å².